The van der Waals surface area contributed by atoms with Crippen LogP contribution in [0.3, 0.4) is 0 Å². The van der Waals surface area contributed by atoms with Gasteiger partial charge >= 0.3 is 0 Å². The molecule has 61 heavy (non-hydrogen) atoms. The van der Waals surface area contributed by atoms with Crippen LogP contribution in [0.2, 0.25) is 0 Å². The van der Waals surface area contributed by atoms with Crippen LogP contribution in [0.5, 0.6) is 0 Å². The van der Waals surface area contributed by atoms with E-state index in [0.29, 0.717) is 0 Å². The van der Waals surface area contributed by atoms with E-state index in [4.69, 9.17) is 4.42 Å². The number of furan rings is 1. The summed E-state index contributed by atoms with van der Waals surface area (Å²) in [7, 11) is 0. The Kier molecular flexibility index (Phi) is 8.41. The quantitative estimate of drug-likeness (QED) is 0.162. The second-order valence-corrected chi connectivity index (χ2v) is 24.1. The molecule has 4 heteroatoms. The van der Waals surface area contributed by atoms with Gasteiger partial charge in [-0.2, -0.15) is 0 Å². The van der Waals surface area contributed by atoms with Crippen molar-refractivity contribution in [3.8, 4) is 0 Å². The van der Waals surface area contributed by atoms with Gasteiger partial charge in [-0.25, -0.2) is 0 Å². The van der Waals surface area contributed by atoms with E-state index in [1.807, 2.05) is 0 Å². The van der Waals surface area contributed by atoms with E-state index in [9.17, 15) is 0 Å². The van der Waals surface area contributed by atoms with E-state index < -0.39 is 0 Å². The lowest BCUT2D eigenvalue weighted by Crippen LogP contribution is -2.61. The van der Waals surface area contributed by atoms with E-state index in [-0.39, 0.29) is 39.2 Å². The van der Waals surface area contributed by atoms with Gasteiger partial charge in [0.25, 0.3) is 6.71 Å². The largest absolute Gasteiger partial charge is 0.468 e. The van der Waals surface area contributed by atoms with E-state index in [1.165, 1.54) is 115 Å². The number of rotatable bonds is 2. The van der Waals surface area contributed by atoms with Crippen LogP contribution >= 0.6 is 0 Å². The predicted octanol–water partition coefficient (Wildman–Crippen LogP) is 14.1. The fourth-order valence-corrected chi connectivity index (χ4v) is 11.5. The minimum absolute atomic E-state index is 0.0488. The normalized spacial score (nSPS) is 19.2. The van der Waals surface area contributed by atoms with Gasteiger partial charge in [-0.3, -0.25) is 0 Å². The van der Waals surface area contributed by atoms with Crippen molar-refractivity contribution >= 4 is 68.4 Å². The number of hydrogen-bond acceptors (Lipinski definition) is 3. The van der Waals surface area contributed by atoms with Crippen LogP contribution in [0.1, 0.15) is 162 Å². The lowest BCUT2D eigenvalue weighted by molar-refractivity contribution is 0.332. The maximum Gasteiger partial charge on any atom is 0.297 e. The fourth-order valence-electron chi connectivity index (χ4n) is 11.5. The summed E-state index contributed by atoms with van der Waals surface area (Å²) >= 11 is 0. The van der Waals surface area contributed by atoms with Gasteiger partial charge in [0.15, 0.2) is 0 Å². The van der Waals surface area contributed by atoms with Gasteiger partial charge in [-0.1, -0.05) is 127 Å². The zero-order chi connectivity index (χ0) is 43.6. The second kappa shape index (κ2) is 12.7. The van der Waals surface area contributed by atoms with Crippen molar-refractivity contribution in [3.05, 3.63) is 124 Å². The van der Waals surface area contributed by atoms with Crippen LogP contribution in [-0.4, -0.2) is 6.71 Å². The summed E-state index contributed by atoms with van der Waals surface area (Å²) in [6, 6.07) is 33.9. The average Bonchev–Trinajstić information content (AvgIpc) is 3.55. The second-order valence-electron chi connectivity index (χ2n) is 24.1. The Bertz CT molecular complexity index is 2780. The molecule has 0 fully saturated rings. The third-order valence-corrected chi connectivity index (χ3v) is 15.7. The Morgan fingerprint density at radius 3 is 1.43 bits per heavy atom. The molecule has 3 nitrogen and oxygen atoms in total. The Morgan fingerprint density at radius 1 is 0.508 bits per heavy atom. The molecule has 4 aliphatic rings. The number of hydrogen-bond donors (Lipinski definition) is 0. The first-order chi connectivity index (χ1) is 28.4. The molecule has 0 atom stereocenters. The summed E-state index contributed by atoms with van der Waals surface area (Å²) < 4.78 is 7.56. The van der Waals surface area contributed by atoms with Crippen molar-refractivity contribution < 1.29 is 4.42 Å². The Morgan fingerprint density at radius 2 is 0.934 bits per heavy atom. The highest BCUT2D eigenvalue weighted by Gasteiger charge is 2.49. The first-order valence-corrected chi connectivity index (χ1v) is 23.1. The highest BCUT2D eigenvalue weighted by molar-refractivity contribution is 7.00. The summed E-state index contributed by atoms with van der Waals surface area (Å²) in [6.07, 6.45) is 4.67. The summed E-state index contributed by atoms with van der Waals surface area (Å²) in [5, 5.41) is 1.22. The molecule has 2 aliphatic heterocycles. The van der Waals surface area contributed by atoms with Gasteiger partial charge in [0.2, 0.25) is 0 Å². The van der Waals surface area contributed by atoms with Crippen LogP contribution in [0.25, 0.3) is 11.0 Å². The molecule has 0 bridgehead atoms. The van der Waals surface area contributed by atoms with Gasteiger partial charge in [-0.15, -0.1) is 0 Å². The number of anilines is 6. The first kappa shape index (κ1) is 40.4. The van der Waals surface area contributed by atoms with Crippen LogP contribution < -0.4 is 26.4 Å². The Labute approximate surface area is 367 Å². The third-order valence-electron chi connectivity index (χ3n) is 15.7. The van der Waals surface area contributed by atoms with Crippen molar-refractivity contribution in [1.82, 2.24) is 0 Å². The van der Waals surface area contributed by atoms with E-state index in [0.717, 1.165) is 11.2 Å². The topological polar surface area (TPSA) is 19.6 Å². The number of aryl methyl sites for hydroxylation is 1. The molecular formula is C57H67BN2O. The smallest absolute Gasteiger partial charge is 0.297 e. The summed E-state index contributed by atoms with van der Waals surface area (Å²) in [4.78, 5) is 5.17. The number of fused-ring (bicyclic) bond motifs is 8. The lowest BCUT2D eigenvalue weighted by Gasteiger charge is -2.46. The molecule has 2 aliphatic carbocycles. The monoisotopic (exact) mass is 807 g/mol. The predicted molar refractivity (Wildman–Crippen MR) is 263 cm³/mol. The Hall–Kier alpha value is -4.70. The standard InChI is InChI=1S/C57H67BN2O/c1-34-28-46-49-47(29-34)60(38-22-18-36(19-23-38)53(5,6)7)50-39-30-40-43(57(14,15)27-24-54(40,8)9)33-48(39)61-51(50)58(49)44-31-41-42(56(12,13)26-25-55(41,10)11)32-45(44)59(46)37-20-16-35(17-21-37)52(2,3)4/h16-23,28-33H,24-27H2,1-15H3. The molecule has 0 amide bonds. The average molecular weight is 807 g/mol. The van der Waals surface area contributed by atoms with Crippen molar-refractivity contribution in [2.45, 2.75) is 162 Å². The minimum atomic E-state index is -0.0811. The molecular weight excluding hydrogens is 739 g/mol. The van der Waals surface area contributed by atoms with Gasteiger partial charge in [0.1, 0.15) is 5.58 Å². The molecule has 0 unspecified atom stereocenters. The van der Waals surface area contributed by atoms with Gasteiger partial charge in [0, 0.05) is 33.8 Å². The number of nitrogens with zero attached hydrogens (tertiary/aromatic N) is 2. The molecule has 314 valence electrons. The highest BCUT2D eigenvalue weighted by atomic mass is 16.3. The summed E-state index contributed by atoms with van der Waals surface area (Å²) in [5.41, 5.74) is 22.2. The highest BCUT2D eigenvalue weighted by Crippen LogP contribution is 2.53. The maximum absolute atomic E-state index is 7.56. The molecule has 0 N–H and O–H groups in total. The van der Waals surface area contributed by atoms with Crippen LogP contribution in [0.4, 0.5) is 34.1 Å². The van der Waals surface area contributed by atoms with E-state index in [1.54, 1.807) is 0 Å². The van der Waals surface area contributed by atoms with Gasteiger partial charge < -0.3 is 14.2 Å². The van der Waals surface area contributed by atoms with Crippen LogP contribution in [0, 0.1) is 6.92 Å². The first-order valence-electron chi connectivity index (χ1n) is 23.1. The van der Waals surface area contributed by atoms with Crippen molar-refractivity contribution in [2.75, 3.05) is 9.80 Å². The maximum atomic E-state index is 7.56. The third kappa shape index (κ3) is 6.04. The lowest BCUT2D eigenvalue weighted by atomic mass is 9.35. The molecule has 5 aromatic carbocycles. The summed E-state index contributed by atoms with van der Waals surface area (Å²) in [6.45, 7) is 35.6. The van der Waals surface area contributed by atoms with E-state index >= 15 is 0 Å². The molecule has 1 aromatic heterocycles. The SMILES string of the molecule is Cc1cc2c3c(c1)N(c1ccc(C(C)(C)C)cc1)c1c(oc4cc5c(cc14)C(C)(C)CCC5(C)C)B3c1cc3c(cc1N2c1ccc(C(C)(C)C)cc1)C(C)(C)CCC3(C)C. The molecule has 0 spiro atoms. The van der Waals surface area contributed by atoms with Crippen LogP contribution in [0.15, 0.2) is 89.3 Å². The zero-order valence-electron chi connectivity index (χ0n) is 39.8. The van der Waals surface area contributed by atoms with Crippen molar-refractivity contribution in [3.63, 3.8) is 0 Å². The minimum Gasteiger partial charge on any atom is -0.468 e. The molecule has 0 saturated heterocycles. The van der Waals surface area contributed by atoms with Crippen molar-refractivity contribution in [2.24, 2.45) is 0 Å². The van der Waals surface area contributed by atoms with Gasteiger partial charge in [-0.05, 0) is 170 Å². The molecule has 6 aromatic rings. The Balaban J connectivity index is 1.33. The zero-order valence-corrected chi connectivity index (χ0v) is 39.8. The fraction of sp³-hybridized carbons (Fsp3) is 0.439. The number of benzene rings is 5. The van der Waals surface area contributed by atoms with Gasteiger partial charge in [0.05, 0.1) is 11.3 Å². The summed E-state index contributed by atoms with van der Waals surface area (Å²) in [5.74, 6) is 0. The molecule has 3 heterocycles. The van der Waals surface area contributed by atoms with Crippen LogP contribution in [-0.2, 0) is 32.5 Å². The molecule has 10 rings (SSSR count). The van der Waals surface area contributed by atoms with Crippen molar-refractivity contribution in [1.29, 1.82) is 0 Å². The van der Waals surface area contributed by atoms with E-state index in [2.05, 4.69) is 199 Å². The molecule has 0 saturated carbocycles. The molecule has 0 radical (unpaired) electrons.